The van der Waals surface area contributed by atoms with Gasteiger partial charge in [-0.25, -0.2) is 8.78 Å². The number of β-amino-alcohol motifs (C(OH)–C–C–N with tert-alkyl or cyclic N) is 1. The zero-order valence-corrected chi connectivity index (χ0v) is 11.0. The van der Waals surface area contributed by atoms with Gasteiger partial charge in [-0.15, -0.1) is 0 Å². The molecule has 0 bridgehead atoms. The van der Waals surface area contributed by atoms with E-state index in [0.29, 0.717) is 6.54 Å². The van der Waals surface area contributed by atoms with E-state index in [1.807, 2.05) is 13.8 Å². The quantitative estimate of drug-likeness (QED) is 0.901. The first kappa shape index (κ1) is 13.4. The summed E-state index contributed by atoms with van der Waals surface area (Å²) in [7, 11) is 0. The molecule has 0 saturated carbocycles. The highest BCUT2D eigenvalue weighted by atomic mass is 32.1. The Morgan fingerprint density at radius 3 is 2.72 bits per heavy atom. The van der Waals surface area contributed by atoms with Gasteiger partial charge in [0.05, 0.1) is 11.7 Å². The number of rotatable bonds is 2. The molecule has 1 aromatic rings. The number of thiophene rings is 1. The Morgan fingerprint density at radius 1 is 1.56 bits per heavy atom. The van der Waals surface area contributed by atoms with Crippen molar-refractivity contribution in [1.29, 1.82) is 0 Å². The number of hydrogen-bond donors (Lipinski definition) is 1. The first-order valence-electron chi connectivity index (χ1n) is 5.64. The van der Waals surface area contributed by atoms with Crippen molar-refractivity contribution in [2.24, 2.45) is 5.41 Å². The van der Waals surface area contributed by atoms with Crippen LogP contribution in [0.4, 0.5) is 8.78 Å². The topological polar surface area (TPSA) is 40.5 Å². The maximum absolute atomic E-state index is 12.7. The molecule has 1 aromatic heterocycles. The van der Waals surface area contributed by atoms with E-state index in [9.17, 15) is 18.7 Å². The van der Waals surface area contributed by atoms with E-state index in [1.165, 1.54) is 15.7 Å². The molecule has 0 spiro atoms. The van der Waals surface area contributed by atoms with Gasteiger partial charge in [-0.1, -0.05) is 13.8 Å². The Balaban J connectivity index is 2.21. The van der Waals surface area contributed by atoms with Gasteiger partial charge in [-0.3, -0.25) is 4.79 Å². The summed E-state index contributed by atoms with van der Waals surface area (Å²) in [6.07, 6.45) is -3.26. The highest BCUT2D eigenvalue weighted by Gasteiger charge is 2.41. The number of carbonyl (C=O) groups excluding carboxylic acids is 1. The molecule has 1 aliphatic rings. The molecule has 2 heterocycles. The summed E-state index contributed by atoms with van der Waals surface area (Å²) in [5.74, 6) is -0.420. The number of amides is 1. The Hall–Kier alpha value is -1.01. The van der Waals surface area contributed by atoms with Crippen molar-refractivity contribution < 1.29 is 18.7 Å². The van der Waals surface area contributed by atoms with Crippen LogP contribution in [0.15, 0.2) is 10.8 Å². The Morgan fingerprint density at radius 2 is 2.22 bits per heavy atom. The van der Waals surface area contributed by atoms with Gasteiger partial charge < -0.3 is 10.0 Å². The standard InChI is InChI=1S/C12H15F2NO2S/c1-12(2)6-15(3-9(12)16)11(17)8-5-18-4-7(8)10(13)14/h4-5,9-10,16H,3,6H2,1-2H3. The molecular formula is C12H15F2NO2S. The molecule has 1 fully saturated rings. The van der Waals surface area contributed by atoms with E-state index in [2.05, 4.69) is 0 Å². The fourth-order valence-corrected chi connectivity index (χ4v) is 2.91. The van der Waals surface area contributed by atoms with Crippen LogP contribution in [0.2, 0.25) is 0 Å². The van der Waals surface area contributed by atoms with E-state index >= 15 is 0 Å². The molecule has 0 radical (unpaired) electrons. The van der Waals surface area contributed by atoms with Gasteiger partial charge in [-0.2, -0.15) is 11.3 Å². The number of carbonyl (C=O) groups is 1. The van der Waals surface area contributed by atoms with Crippen LogP contribution in [0, 0.1) is 5.41 Å². The Kier molecular flexibility index (Phi) is 3.42. The first-order valence-corrected chi connectivity index (χ1v) is 6.59. The number of alkyl halides is 2. The van der Waals surface area contributed by atoms with Gasteiger partial charge in [0.2, 0.25) is 0 Å². The Labute approximate surface area is 108 Å². The van der Waals surface area contributed by atoms with Crippen molar-refractivity contribution in [2.45, 2.75) is 26.4 Å². The van der Waals surface area contributed by atoms with Gasteiger partial charge in [0.1, 0.15) is 0 Å². The lowest BCUT2D eigenvalue weighted by Gasteiger charge is -2.21. The lowest BCUT2D eigenvalue weighted by molar-refractivity contribution is 0.0752. The molecule has 1 atom stereocenters. The minimum absolute atomic E-state index is 0.0555. The van der Waals surface area contributed by atoms with E-state index in [4.69, 9.17) is 0 Å². The molecule has 0 aromatic carbocycles. The first-order chi connectivity index (χ1) is 8.33. The van der Waals surface area contributed by atoms with Crippen LogP contribution in [0.25, 0.3) is 0 Å². The average molecular weight is 275 g/mol. The monoisotopic (exact) mass is 275 g/mol. The second-order valence-electron chi connectivity index (χ2n) is 5.23. The molecule has 1 aliphatic heterocycles. The third-order valence-corrected chi connectivity index (χ3v) is 4.10. The molecule has 1 amide bonds. The predicted molar refractivity (Wildman–Crippen MR) is 65.0 cm³/mol. The van der Waals surface area contributed by atoms with Crippen LogP contribution >= 0.6 is 11.3 Å². The second kappa shape index (κ2) is 4.59. The number of aliphatic hydroxyl groups excluding tert-OH is 1. The third kappa shape index (κ3) is 2.27. The summed E-state index contributed by atoms with van der Waals surface area (Å²) >= 11 is 1.09. The van der Waals surface area contributed by atoms with Crippen LogP contribution in [0.3, 0.4) is 0 Å². The molecule has 3 nitrogen and oxygen atoms in total. The maximum Gasteiger partial charge on any atom is 0.265 e. The minimum atomic E-state index is -2.64. The number of likely N-dealkylation sites (tertiary alicyclic amines) is 1. The highest BCUT2D eigenvalue weighted by molar-refractivity contribution is 7.08. The highest BCUT2D eigenvalue weighted by Crippen LogP contribution is 2.33. The third-order valence-electron chi connectivity index (χ3n) is 3.34. The summed E-state index contributed by atoms with van der Waals surface area (Å²) < 4.78 is 25.4. The van der Waals surface area contributed by atoms with Crippen LogP contribution in [-0.4, -0.2) is 35.1 Å². The summed E-state index contributed by atoms with van der Waals surface area (Å²) in [5, 5.41) is 12.6. The van der Waals surface area contributed by atoms with Gasteiger partial charge in [0.15, 0.2) is 0 Å². The van der Waals surface area contributed by atoms with Gasteiger partial charge in [-0.05, 0) is 0 Å². The molecule has 1 N–H and O–H groups in total. The predicted octanol–water partition coefficient (Wildman–Crippen LogP) is 2.53. The van der Waals surface area contributed by atoms with Crippen molar-refractivity contribution >= 4 is 17.2 Å². The zero-order chi connectivity index (χ0) is 13.5. The van der Waals surface area contributed by atoms with Crippen LogP contribution in [0.5, 0.6) is 0 Å². The molecule has 1 saturated heterocycles. The molecule has 100 valence electrons. The molecule has 18 heavy (non-hydrogen) atoms. The SMILES string of the molecule is CC1(C)CN(C(=O)c2cscc2C(F)F)CC1O. The number of nitrogens with zero attached hydrogens (tertiary/aromatic N) is 1. The average Bonchev–Trinajstić information content (AvgIpc) is 2.83. The molecular weight excluding hydrogens is 260 g/mol. The van der Waals surface area contributed by atoms with Crippen molar-refractivity contribution in [3.8, 4) is 0 Å². The van der Waals surface area contributed by atoms with Crippen molar-refractivity contribution in [2.75, 3.05) is 13.1 Å². The van der Waals surface area contributed by atoms with Crippen molar-refractivity contribution in [3.63, 3.8) is 0 Å². The summed E-state index contributed by atoms with van der Waals surface area (Å²) in [5.41, 5.74) is -0.555. The lowest BCUT2D eigenvalue weighted by Crippen LogP contribution is -2.30. The molecule has 2 rings (SSSR count). The van der Waals surface area contributed by atoms with E-state index in [1.54, 1.807) is 0 Å². The van der Waals surface area contributed by atoms with Crippen molar-refractivity contribution in [1.82, 2.24) is 4.90 Å². The van der Waals surface area contributed by atoms with Gasteiger partial charge in [0, 0.05) is 34.8 Å². The van der Waals surface area contributed by atoms with E-state index < -0.39 is 23.9 Å². The minimum Gasteiger partial charge on any atom is -0.391 e. The van der Waals surface area contributed by atoms with E-state index in [-0.39, 0.29) is 17.7 Å². The van der Waals surface area contributed by atoms with E-state index in [0.717, 1.165) is 11.3 Å². The smallest absolute Gasteiger partial charge is 0.265 e. The summed E-state index contributed by atoms with van der Waals surface area (Å²) in [6.45, 7) is 4.29. The largest absolute Gasteiger partial charge is 0.391 e. The van der Waals surface area contributed by atoms with Crippen molar-refractivity contribution in [3.05, 3.63) is 21.9 Å². The van der Waals surface area contributed by atoms with Crippen LogP contribution in [-0.2, 0) is 0 Å². The fourth-order valence-electron chi connectivity index (χ4n) is 2.09. The summed E-state index contributed by atoms with van der Waals surface area (Å²) in [4.78, 5) is 13.6. The Bertz CT molecular complexity index is 459. The molecule has 0 aliphatic carbocycles. The summed E-state index contributed by atoms with van der Waals surface area (Å²) in [6, 6.07) is 0. The molecule has 1 unspecified atom stereocenters. The normalized spacial score (nSPS) is 22.8. The van der Waals surface area contributed by atoms with Gasteiger partial charge in [0.25, 0.3) is 12.3 Å². The lowest BCUT2D eigenvalue weighted by atomic mass is 9.90. The zero-order valence-electron chi connectivity index (χ0n) is 10.2. The number of aliphatic hydroxyl groups is 1. The number of hydrogen-bond acceptors (Lipinski definition) is 3. The number of halogens is 2. The molecule has 6 heteroatoms. The fraction of sp³-hybridized carbons (Fsp3) is 0.583. The second-order valence-corrected chi connectivity index (χ2v) is 5.98. The van der Waals surface area contributed by atoms with Crippen LogP contribution < -0.4 is 0 Å². The van der Waals surface area contributed by atoms with Gasteiger partial charge >= 0.3 is 0 Å². The maximum atomic E-state index is 12.7. The van der Waals surface area contributed by atoms with Crippen LogP contribution in [0.1, 0.15) is 36.2 Å².